The highest BCUT2D eigenvalue weighted by molar-refractivity contribution is 7.99. The summed E-state index contributed by atoms with van der Waals surface area (Å²) in [5.74, 6) is 1.02. The maximum Gasteiger partial charge on any atom is 0.162 e. The number of aldehydes is 1. The number of rotatable bonds is 7. The van der Waals surface area contributed by atoms with Gasteiger partial charge in [-0.1, -0.05) is 20.8 Å². The van der Waals surface area contributed by atoms with E-state index in [2.05, 4.69) is 13.8 Å². The summed E-state index contributed by atoms with van der Waals surface area (Å²) >= 11 is 1.89. The van der Waals surface area contributed by atoms with E-state index in [9.17, 15) is 14.7 Å². The van der Waals surface area contributed by atoms with Crippen LogP contribution in [0.4, 0.5) is 0 Å². The van der Waals surface area contributed by atoms with Crippen molar-refractivity contribution in [3.05, 3.63) is 11.3 Å². The van der Waals surface area contributed by atoms with Gasteiger partial charge >= 0.3 is 0 Å². The SMILES string of the molecule is CCSC(C)CC1CC(O)=C(C(=O)CC)C(C=O)C1. The third kappa shape index (κ3) is 4.37. The lowest BCUT2D eigenvalue weighted by atomic mass is 9.77. The van der Waals surface area contributed by atoms with Gasteiger partial charge < -0.3 is 9.90 Å². The fourth-order valence-corrected chi connectivity index (χ4v) is 3.82. The molecule has 0 radical (unpaired) electrons. The van der Waals surface area contributed by atoms with Gasteiger partial charge in [0, 0.05) is 29.6 Å². The van der Waals surface area contributed by atoms with E-state index in [1.54, 1.807) is 6.92 Å². The molecule has 0 saturated carbocycles. The van der Waals surface area contributed by atoms with Crippen molar-refractivity contribution >= 4 is 23.8 Å². The molecule has 0 aromatic carbocycles. The molecule has 1 rings (SSSR count). The first-order valence-corrected chi connectivity index (χ1v) is 8.10. The number of carbonyl (C=O) groups excluding carboxylic acids is 2. The summed E-state index contributed by atoms with van der Waals surface area (Å²) < 4.78 is 0. The zero-order chi connectivity index (χ0) is 14.4. The van der Waals surface area contributed by atoms with Crippen LogP contribution in [-0.2, 0) is 9.59 Å². The van der Waals surface area contributed by atoms with E-state index in [4.69, 9.17) is 0 Å². The first kappa shape index (κ1) is 16.3. The van der Waals surface area contributed by atoms with Crippen LogP contribution < -0.4 is 0 Å². The Morgan fingerprint density at radius 1 is 1.53 bits per heavy atom. The minimum Gasteiger partial charge on any atom is -0.512 e. The first-order chi connectivity index (χ1) is 9.03. The number of Topliss-reactive ketones (excluding diaryl/α,β-unsaturated/α-hetero) is 1. The molecule has 3 nitrogen and oxygen atoms in total. The molecule has 0 aromatic heterocycles. The minimum atomic E-state index is -0.412. The molecule has 1 N–H and O–H groups in total. The van der Waals surface area contributed by atoms with Gasteiger partial charge in [-0.15, -0.1) is 0 Å². The molecule has 3 atom stereocenters. The van der Waals surface area contributed by atoms with Gasteiger partial charge in [0.25, 0.3) is 0 Å². The molecule has 19 heavy (non-hydrogen) atoms. The summed E-state index contributed by atoms with van der Waals surface area (Å²) in [5.41, 5.74) is 0.365. The van der Waals surface area contributed by atoms with Crippen molar-refractivity contribution in [3.8, 4) is 0 Å². The van der Waals surface area contributed by atoms with Crippen LogP contribution in [0.1, 0.15) is 46.5 Å². The predicted octanol–water partition coefficient (Wildman–Crippen LogP) is 3.53. The summed E-state index contributed by atoms with van der Waals surface area (Å²) in [7, 11) is 0. The Hall–Kier alpha value is -0.770. The molecule has 0 aromatic rings. The molecule has 0 saturated heterocycles. The Bertz CT molecular complexity index is 362. The van der Waals surface area contributed by atoms with E-state index in [0.29, 0.717) is 36.0 Å². The zero-order valence-corrected chi connectivity index (χ0v) is 12.8. The molecule has 0 spiro atoms. The molecule has 4 heteroatoms. The van der Waals surface area contributed by atoms with Crippen molar-refractivity contribution in [2.45, 2.75) is 51.7 Å². The number of aliphatic hydroxyl groups excluding tert-OH is 1. The Morgan fingerprint density at radius 3 is 2.74 bits per heavy atom. The van der Waals surface area contributed by atoms with Gasteiger partial charge in [0.15, 0.2) is 5.78 Å². The maximum atomic E-state index is 11.8. The largest absolute Gasteiger partial charge is 0.512 e. The van der Waals surface area contributed by atoms with Gasteiger partial charge in [0.05, 0.1) is 5.76 Å². The molecule has 0 bridgehead atoms. The molecule has 3 unspecified atom stereocenters. The van der Waals surface area contributed by atoms with Gasteiger partial charge in [-0.05, 0) is 24.5 Å². The number of ketones is 1. The highest BCUT2D eigenvalue weighted by Crippen LogP contribution is 2.36. The summed E-state index contributed by atoms with van der Waals surface area (Å²) in [6, 6.07) is 0. The van der Waals surface area contributed by atoms with Crippen molar-refractivity contribution in [2.75, 3.05) is 5.75 Å². The maximum absolute atomic E-state index is 11.8. The van der Waals surface area contributed by atoms with Gasteiger partial charge in [0.1, 0.15) is 6.29 Å². The van der Waals surface area contributed by atoms with Crippen LogP contribution in [0, 0.1) is 11.8 Å². The third-order valence-corrected chi connectivity index (χ3v) is 4.75. The monoisotopic (exact) mass is 284 g/mol. The fraction of sp³-hybridized carbons (Fsp3) is 0.733. The van der Waals surface area contributed by atoms with Crippen molar-refractivity contribution in [1.29, 1.82) is 0 Å². The lowest BCUT2D eigenvalue weighted by Crippen LogP contribution is -2.26. The Morgan fingerprint density at radius 2 is 2.21 bits per heavy atom. The number of hydrogen-bond acceptors (Lipinski definition) is 4. The second-order valence-corrected chi connectivity index (χ2v) is 6.90. The van der Waals surface area contributed by atoms with Crippen LogP contribution in [0.3, 0.4) is 0 Å². The van der Waals surface area contributed by atoms with Crippen molar-refractivity contribution in [2.24, 2.45) is 11.8 Å². The lowest BCUT2D eigenvalue weighted by molar-refractivity contribution is -0.119. The average molecular weight is 284 g/mol. The van der Waals surface area contributed by atoms with Crippen molar-refractivity contribution in [1.82, 2.24) is 0 Å². The molecule has 0 fully saturated rings. The molecule has 108 valence electrons. The van der Waals surface area contributed by atoms with Gasteiger partial charge in [-0.3, -0.25) is 4.79 Å². The Balaban J connectivity index is 2.78. The lowest BCUT2D eigenvalue weighted by Gasteiger charge is -2.29. The number of aliphatic hydroxyl groups is 1. The van der Waals surface area contributed by atoms with Crippen LogP contribution in [0.5, 0.6) is 0 Å². The first-order valence-electron chi connectivity index (χ1n) is 7.05. The van der Waals surface area contributed by atoms with E-state index < -0.39 is 5.92 Å². The summed E-state index contributed by atoms with van der Waals surface area (Å²) in [5, 5.41) is 10.6. The summed E-state index contributed by atoms with van der Waals surface area (Å²) in [6.07, 6.45) is 3.39. The van der Waals surface area contributed by atoms with E-state index in [-0.39, 0.29) is 11.5 Å². The van der Waals surface area contributed by atoms with E-state index in [1.165, 1.54) is 0 Å². The topological polar surface area (TPSA) is 54.4 Å². The highest BCUT2D eigenvalue weighted by atomic mass is 32.2. The summed E-state index contributed by atoms with van der Waals surface area (Å²) in [6.45, 7) is 6.07. The normalized spacial score (nSPS) is 25.2. The van der Waals surface area contributed by atoms with E-state index >= 15 is 0 Å². The fourth-order valence-electron chi connectivity index (χ4n) is 2.84. The Labute approximate surface area is 119 Å². The highest BCUT2D eigenvalue weighted by Gasteiger charge is 2.32. The van der Waals surface area contributed by atoms with Crippen LogP contribution >= 0.6 is 11.8 Å². The van der Waals surface area contributed by atoms with Crippen molar-refractivity contribution < 1.29 is 14.7 Å². The second kappa shape index (κ2) is 7.73. The van der Waals surface area contributed by atoms with Crippen molar-refractivity contribution in [3.63, 3.8) is 0 Å². The van der Waals surface area contributed by atoms with E-state index in [0.717, 1.165) is 18.5 Å². The molecule has 0 amide bonds. The van der Waals surface area contributed by atoms with Crippen LogP contribution in [-0.4, -0.2) is 28.2 Å². The summed E-state index contributed by atoms with van der Waals surface area (Å²) in [4.78, 5) is 23.0. The number of hydrogen-bond donors (Lipinski definition) is 1. The number of thioether (sulfide) groups is 1. The van der Waals surface area contributed by atoms with Crippen LogP contribution in [0.2, 0.25) is 0 Å². The number of allylic oxidation sites excluding steroid dienone is 2. The average Bonchev–Trinajstić information content (AvgIpc) is 2.37. The smallest absolute Gasteiger partial charge is 0.162 e. The van der Waals surface area contributed by atoms with E-state index in [1.807, 2.05) is 11.8 Å². The number of carbonyl (C=O) groups is 2. The van der Waals surface area contributed by atoms with Crippen LogP contribution in [0.25, 0.3) is 0 Å². The van der Waals surface area contributed by atoms with Gasteiger partial charge in [-0.2, -0.15) is 11.8 Å². The Kier molecular flexibility index (Phi) is 6.63. The minimum absolute atomic E-state index is 0.0935. The quantitative estimate of drug-likeness (QED) is 0.727. The molecule has 0 aliphatic heterocycles. The zero-order valence-electron chi connectivity index (χ0n) is 12.0. The van der Waals surface area contributed by atoms with Gasteiger partial charge in [0.2, 0.25) is 0 Å². The standard InChI is InChI=1S/C15H24O3S/c1-4-13(17)15-12(9-16)7-11(8-14(15)18)6-10(3)19-5-2/h9-12,18H,4-8H2,1-3H3. The van der Waals surface area contributed by atoms with Crippen LogP contribution in [0.15, 0.2) is 11.3 Å². The second-order valence-electron chi connectivity index (χ2n) is 5.19. The molecule has 1 aliphatic carbocycles. The predicted molar refractivity (Wildman–Crippen MR) is 79.4 cm³/mol. The molecule has 1 aliphatic rings. The molecule has 0 heterocycles. The molecular formula is C15H24O3S. The third-order valence-electron chi connectivity index (χ3n) is 3.65. The molecular weight excluding hydrogens is 260 g/mol. The van der Waals surface area contributed by atoms with Gasteiger partial charge in [-0.25, -0.2) is 0 Å².